The van der Waals surface area contributed by atoms with Gasteiger partial charge in [0.25, 0.3) is 5.91 Å². The second-order valence-electron chi connectivity index (χ2n) is 6.88. The van der Waals surface area contributed by atoms with Gasteiger partial charge in [-0.2, -0.15) is 0 Å². The minimum atomic E-state index is -0.848. The maximum absolute atomic E-state index is 12.9. The molecule has 0 N–H and O–H groups in total. The van der Waals surface area contributed by atoms with E-state index in [2.05, 4.69) is 0 Å². The van der Waals surface area contributed by atoms with E-state index in [0.29, 0.717) is 5.56 Å². The van der Waals surface area contributed by atoms with Crippen molar-refractivity contribution in [3.05, 3.63) is 59.7 Å². The standard InChI is InChI=1S/C21H24N2O3/c1-14-12-16-8-5-6-11-19(16)23(14)20(24)15(2)26-21(25)17-9-7-10-18(13-17)22(3)4/h5-11,13-15H,12H2,1-4H3/t14-,15-/m0/s1. The first-order chi connectivity index (χ1) is 12.4. The quantitative estimate of drug-likeness (QED) is 0.793. The fourth-order valence-corrected chi connectivity index (χ4v) is 3.29. The van der Waals surface area contributed by atoms with Crippen LogP contribution in [0.25, 0.3) is 0 Å². The largest absolute Gasteiger partial charge is 0.449 e. The van der Waals surface area contributed by atoms with Crippen LogP contribution in [0.4, 0.5) is 11.4 Å². The number of carbonyl (C=O) groups excluding carboxylic acids is 2. The van der Waals surface area contributed by atoms with E-state index >= 15 is 0 Å². The van der Waals surface area contributed by atoms with Crippen molar-refractivity contribution in [3.63, 3.8) is 0 Å². The van der Waals surface area contributed by atoms with Gasteiger partial charge < -0.3 is 14.5 Å². The number of carbonyl (C=O) groups is 2. The van der Waals surface area contributed by atoms with Crippen molar-refractivity contribution in [2.45, 2.75) is 32.4 Å². The van der Waals surface area contributed by atoms with Gasteiger partial charge in [0.05, 0.1) is 5.56 Å². The Labute approximate surface area is 154 Å². The number of fused-ring (bicyclic) bond motifs is 1. The summed E-state index contributed by atoms with van der Waals surface area (Å²) in [5, 5.41) is 0. The number of anilines is 2. The van der Waals surface area contributed by atoms with Crippen molar-refractivity contribution in [2.24, 2.45) is 0 Å². The minimum Gasteiger partial charge on any atom is -0.449 e. The minimum absolute atomic E-state index is 0.0538. The zero-order chi connectivity index (χ0) is 18.8. The molecule has 0 unspecified atom stereocenters. The van der Waals surface area contributed by atoms with Crippen molar-refractivity contribution in [3.8, 4) is 0 Å². The Bertz CT molecular complexity index is 832. The Morgan fingerprint density at radius 3 is 2.62 bits per heavy atom. The van der Waals surface area contributed by atoms with Crippen molar-refractivity contribution in [1.82, 2.24) is 0 Å². The lowest BCUT2D eigenvalue weighted by Gasteiger charge is -2.26. The smallest absolute Gasteiger partial charge is 0.338 e. The molecule has 5 heteroatoms. The molecule has 0 radical (unpaired) electrons. The van der Waals surface area contributed by atoms with Gasteiger partial charge in [-0.3, -0.25) is 4.79 Å². The highest BCUT2D eigenvalue weighted by molar-refractivity contribution is 6.01. The van der Waals surface area contributed by atoms with E-state index in [0.717, 1.165) is 23.4 Å². The molecule has 2 atom stereocenters. The molecule has 136 valence electrons. The third-order valence-electron chi connectivity index (χ3n) is 4.67. The van der Waals surface area contributed by atoms with Crippen LogP contribution in [0.5, 0.6) is 0 Å². The van der Waals surface area contributed by atoms with E-state index in [9.17, 15) is 9.59 Å². The molecule has 1 heterocycles. The number of para-hydroxylation sites is 1. The molecule has 0 spiro atoms. The normalized spacial score (nSPS) is 16.8. The summed E-state index contributed by atoms with van der Waals surface area (Å²) < 4.78 is 5.46. The molecule has 0 saturated heterocycles. The van der Waals surface area contributed by atoms with Gasteiger partial charge in [-0.1, -0.05) is 24.3 Å². The Morgan fingerprint density at radius 1 is 1.15 bits per heavy atom. The van der Waals surface area contributed by atoms with Crippen molar-refractivity contribution >= 4 is 23.3 Å². The van der Waals surface area contributed by atoms with E-state index in [-0.39, 0.29) is 11.9 Å². The van der Waals surface area contributed by atoms with Gasteiger partial charge in [0.1, 0.15) is 0 Å². The van der Waals surface area contributed by atoms with Crippen LogP contribution in [-0.2, 0) is 16.0 Å². The summed E-state index contributed by atoms with van der Waals surface area (Å²) >= 11 is 0. The second-order valence-corrected chi connectivity index (χ2v) is 6.88. The zero-order valence-electron chi connectivity index (χ0n) is 15.6. The molecule has 0 aromatic heterocycles. The van der Waals surface area contributed by atoms with Crippen LogP contribution >= 0.6 is 0 Å². The topological polar surface area (TPSA) is 49.9 Å². The summed E-state index contributed by atoms with van der Waals surface area (Å²) in [6.07, 6.45) is -0.0351. The number of nitrogens with zero attached hydrogens (tertiary/aromatic N) is 2. The van der Waals surface area contributed by atoms with E-state index in [1.165, 1.54) is 0 Å². The lowest BCUT2D eigenvalue weighted by Crippen LogP contribution is -2.43. The molecule has 1 aliphatic rings. The van der Waals surface area contributed by atoms with Crippen LogP contribution in [0, 0.1) is 0 Å². The highest BCUT2D eigenvalue weighted by atomic mass is 16.5. The first-order valence-corrected chi connectivity index (χ1v) is 8.78. The fraction of sp³-hybridized carbons (Fsp3) is 0.333. The number of rotatable bonds is 4. The fourth-order valence-electron chi connectivity index (χ4n) is 3.29. The van der Waals surface area contributed by atoms with Gasteiger partial charge in [0.15, 0.2) is 6.10 Å². The predicted molar refractivity (Wildman–Crippen MR) is 103 cm³/mol. The maximum Gasteiger partial charge on any atom is 0.338 e. The van der Waals surface area contributed by atoms with E-state index in [1.807, 2.05) is 56.3 Å². The van der Waals surface area contributed by atoms with Crippen LogP contribution in [0.15, 0.2) is 48.5 Å². The molecule has 5 nitrogen and oxygen atoms in total. The summed E-state index contributed by atoms with van der Waals surface area (Å²) in [5.74, 6) is -0.686. The van der Waals surface area contributed by atoms with Gasteiger partial charge in [-0.15, -0.1) is 0 Å². The van der Waals surface area contributed by atoms with E-state index in [4.69, 9.17) is 4.74 Å². The molecule has 0 fully saturated rings. The molecule has 26 heavy (non-hydrogen) atoms. The lowest BCUT2D eigenvalue weighted by molar-refractivity contribution is -0.126. The van der Waals surface area contributed by atoms with E-state index in [1.54, 1.807) is 30.0 Å². The summed E-state index contributed by atoms with van der Waals surface area (Å²) in [6, 6.07) is 15.1. The molecule has 1 amide bonds. The highest BCUT2D eigenvalue weighted by Crippen LogP contribution is 2.32. The van der Waals surface area contributed by atoms with Gasteiger partial charge in [-0.25, -0.2) is 4.79 Å². The van der Waals surface area contributed by atoms with Gasteiger partial charge in [0, 0.05) is 31.5 Å². The zero-order valence-corrected chi connectivity index (χ0v) is 15.6. The first kappa shape index (κ1) is 18.0. The number of benzene rings is 2. The Kier molecular flexibility index (Phi) is 4.98. The number of amides is 1. The SMILES string of the molecule is C[C@H](OC(=O)c1cccc(N(C)C)c1)C(=O)N1c2ccccc2C[C@@H]1C. The van der Waals surface area contributed by atoms with Crippen LogP contribution in [-0.4, -0.2) is 38.1 Å². The summed E-state index contributed by atoms with van der Waals surface area (Å²) in [5.41, 5.74) is 3.39. The molecule has 0 saturated carbocycles. The average molecular weight is 352 g/mol. The third kappa shape index (κ3) is 3.43. The Hall–Kier alpha value is -2.82. The summed E-state index contributed by atoms with van der Waals surface area (Å²) in [7, 11) is 3.81. The third-order valence-corrected chi connectivity index (χ3v) is 4.67. The molecule has 0 bridgehead atoms. The second kappa shape index (κ2) is 7.20. The van der Waals surface area contributed by atoms with Gasteiger partial charge in [-0.05, 0) is 50.1 Å². The molecular formula is C21H24N2O3. The molecule has 3 rings (SSSR count). The molecular weight excluding hydrogens is 328 g/mol. The molecule has 2 aromatic rings. The van der Waals surface area contributed by atoms with Gasteiger partial charge >= 0.3 is 5.97 Å². The van der Waals surface area contributed by atoms with Crippen LogP contribution in [0.3, 0.4) is 0 Å². The van der Waals surface area contributed by atoms with Crippen molar-refractivity contribution < 1.29 is 14.3 Å². The molecule has 2 aromatic carbocycles. The Balaban J connectivity index is 1.74. The number of esters is 1. The summed E-state index contributed by atoms with van der Waals surface area (Å²) in [6.45, 7) is 3.64. The predicted octanol–water partition coefficient (Wildman–Crippen LogP) is 3.28. The maximum atomic E-state index is 12.9. The van der Waals surface area contributed by atoms with Crippen molar-refractivity contribution in [1.29, 1.82) is 0 Å². The monoisotopic (exact) mass is 352 g/mol. The number of hydrogen-bond acceptors (Lipinski definition) is 4. The number of hydrogen-bond donors (Lipinski definition) is 0. The number of ether oxygens (including phenoxy) is 1. The lowest BCUT2D eigenvalue weighted by atomic mass is 10.1. The molecule has 1 aliphatic heterocycles. The van der Waals surface area contributed by atoms with Crippen LogP contribution in [0.1, 0.15) is 29.8 Å². The highest BCUT2D eigenvalue weighted by Gasteiger charge is 2.34. The average Bonchev–Trinajstić information content (AvgIpc) is 2.96. The van der Waals surface area contributed by atoms with Gasteiger partial charge in [0.2, 0.25) is 0 Å². The van der Waals surface area contributed by atoms with Crippen LogP contribution < -0.4 is 9.80 Å². The van der Waals surface area contributed by atoms with E-state index < -0.39 is 12.1 Å². The Morgan fingerprint density at radius 2 is 1.88 bits per heavy atom. The first-order valence-electron chi connectivity index (χ1n) is 8.78. The summed E-state index contributed by atoms with van der Waals surface area (Å²) in [4.78, 5) is 29.0. The molecule has 0 aliphatic carbocycles. The van der Waals surface area contributed by atoms with Crippen molar-refractivity contribution in [2.75, 3.05) is 23.9 Å². The van der Waals surface area contributed by atoms with Crippen LogP contribution in [0.2, 0.25) is 0 Å².